The van der Waals surface area contributed by atoms with Crippen molar-refractivity contribution in [1.29, 1.82) is 0 Å². The molecule has 3 rings (SSSR count). The number of fused-ring (bicyclic) bond motifs is 1. The minimum Gasteiger partial charge on any atom is -0.347 e. The zero-order valence-electron chi connectivity index (χ0n) is 13.5. The second-order valence-electron chi connectivity index (χ2n) is 5.98. The zero-order valence-corrected chi connectivity index (χ0v) is 16.0. The summed E-state index contributed by atoms with van der Waals surface area (Å²) in [5, 5.41) is 0. The molecule has 0 saturated heterocycles. The van der Waals surface area contributed by atoms with Crippen molar-refractivity contribution in [2.24, 2.45) is 4.99 Å². The Balaban J connectivity index is 0.00000192. The number of hydrogen-bond donors (Lipinski definition) is 0. The third-order valence-corrected chi connectivity index (χ3v) is 6.41. The predicted molar refractivity (Wildman–Crippen MR) is 105 cm³/mol. The number of halogens is 1. The predicted octanol–water partition coefficient (Wildman–Crippen LogP) is 4.12. The number of allylic oxidation sites excluding steroid dienone is 2. The van der Waals surface area contributed by atoms with Gasteiger partial charge >= 0.3 is 0 Å². The Labute approximate surface area is 152 Å². The van der Waals surface area contributed by atoms with Gasteiger partial charge in [-0.05, 0) is 11.6 Å². The van der Waals surface area contributed by atoms with E-state index in [1.807, 2.05) is 19.2 Å². The van der Waals surface area contributed by atoms with Gasteiger partial charge in [0.15, 0.2) is 5.78 Å². The first kappa shape index (κ1) is 18.4. The number of carbonyl (C=O) groups is 1. The number of hydrogen-bond acceptors (Lipinski definition) is 5. The molecule has 124 valence electrons. The van der Waals surface area contributed by atoms with Crippen LogP contribution in [0.4, 0.5) is 5.69 Å². The summed E-state index contributed by atoms with van der Waals surface area (Å²) in [5.74, 6) is 1.67. The minimum atomic E-state index is -0.134. The summed E-state index contributed by atoms with van der Waals surface area (Å²) in [4.78, 5) is 18.9. The first-order valence-corrected chi connectivity index (χ1v) is 9.35. The van der Waals surface area contributed by atoms with Crippen molar-refractivity contribution in [3.05, 3.63) is 41.6 Å². The molecule has 2 aliphatic rings. The van der Waals surface area contributed by atoms with E-state index >= 15 is 0 Å². The molecule has 0 spiro atoms. The van der Waals surface area contributed by atoms with Crippen molar-refractivity contribution >= 4 is 51.8 Å². The van der Waals surface area contributed by atoms with Crippen LogP contribution in [0.2, 0.25) is 0 Å². The summed E-state index contributed by atoms with van der Waals surface area (Å²) in [7, 11) is 2.04. The van der Waals surface area contributed by atoms with E-state index < -0.39 is 0 Å². The van der Waals surface area contributed by atoms with Crippen LogP contribution in [0.5, 0.6) is 0 Å². The summed E-state index contributed by atoms with van der Waals surface area (Å²) >= 11 is 3.31. The van der Waals surface area contributed by atoms with Gasteiger partial charge < -0.3 is 4.90 Å². The highest BCUT2D eigenvalue weighted by atomic mass is 35.5. The van der Waals surface area contributed by atoms with E-state index in [4.69, 9.17) is 0 Å². The Hall–Kier alpha value is -0.910. The average molecular weight is 369 g/mol. The maximum Gasteiger partial charge on any atom is 0.167 e. The molecule has 0 aliphatic carbocycles. The number of rotatable bonds is 3. The van der Waals surface area contributed by atoms with Crippen LogP contribution in [-0.2, 0) is 10.2 Å². The molecule has 0 bridgehead atoms. The Morgan fingerprint density at radius 2 is 2.17 bits per heavy atom. The van der Waals surface area contributed by atoms with E-state index in [0.717, 1.165) is 22.4 Å². The number of benzene rings is 1. The number of ketones is 1. The Morgan fingerprint density at radius 1 is 1.43 bits per heavy atom. The van der Waals surface area contributed by atoms with E-state index in [-0.39, 0.29) is 23.6 Å². The lowest BCUT2D eigenvalue weighted by Gasteiger charge is -2.23. The lowest BCUT2D eigenvalue weighted by molar-refractivity contribution is -0.112. The summed E-state index contributed by atoms with van der Waals surface area (Å²) in [6.45, 7) is 5.24. The van der Waals surface area contributed by atoms with Gasteiger partial charge in [-0.15, -0.1) is 12.4 Å². The van der Waals surface area contributed by atoms with E-state index in [0.29, 0.717) is 5.75 Å². The fraction of sp³-hybridized carbons (Fsp3) is 0.412. The van der Waals surface area contributed by atoms with Gasteiger partial charge in [0, 0.05) is 35.7 Å². The van der Waals surface area contributed by atoms with E-state index in [1.54, 1.807) is 23.5 Å². The first-order valence-electron chi connectivity index (χ1n) is 7.38. The van der Waals surface area contributed by atoms with Crippen molar-refractivity contribution in [3.8, 4) is 0 Å². The molecule has 0 radical (unpaired) electrons. The number of likely N-dealkylation sites (N-methyl/N-ethyl adjacent to an activating group) is 1. The molecule has 23 heavy (non-hydrogen) atoms. The number of thioether (sulfide) groups is 2. The summed E-state index contributed by atoms with van der Waals surface area (Å²) < 4.78 is 1.05. The molecule has 0 fully saturated rings. The highest BCUT2D eigenvalue weighted by Crippen LogP contribution is 2.46. The second kappa shape index (κ2) is 7.32. The molecule has 0 aromatic heterocycles. The standard InChI is InChI=1S/C17H20N2OS2.ClH/c1-17(2)13-6-4-5-7-14(13)19(3)15(17)10-12(20)11-22-16-18-8-9-21-16;/h4-7,10H,8-9,11H2,1-3H3;1H/b15-10-;. The molecule has 0 atom stereocenters. The van der Waals surface area contributed by atoms with Crippen LogP contribution in [0.15, 0.2) is 41.0 Å². The van der Waals surface area contributed by atoms with Crippen LogP contribution in [-0.4, -0.2) is 35.3 Å². The van der Waals surface area contributed by atoms with Gasteiger partial charge in [-0.1, -0.05) is 55.6 Å². The smallest absolute Gasteiger partial charge is 0.167 e. The molecule has 6 heteroatoms. The fourth-order valence-electron chi connectivity index (χ4n) is 2.99. The van der Waals surface area contributed by atoms with Gasteiger partial charge in [-0.2, -0.15) is 0 Å². The van der Waals surface area contributed by atoms with Gasteiger partial charge in [0.2, 0.25) is 0 Å². The van der Waals surface area contributed by atoms with Crippen LogP contribution in [0, 0.1) is 0 Å². The quantitative estimate of drug-likeness (QED) is 0.751. The maximum absolute atomic E-state index is 12.4. The minimum absolute atomic E-state index is 0. The third kappa shape index (κ3) is 3.62. The van der Waals surface area contributed by atoms with Crippen LogP contribution < -0.4 is 4.90 Å². The van der Waals surface area contributed by atoms with Crippen molar-refractivity contribution in [2.45, 2.75) is 19.3 Å². The number of carbonyl (C=O) groups excluding carboxylic acids is 1. The lowest BCUT2D eigenvalue weighted by Crippen LogP contribution is -2.24. The molecule has 0 amide bonds. The topological polar surface area (TPSA) is 32.7 Å². The molecule has 0 saturated carbocycles. The monoisotopic (exact) mass is 368 g/mol. The summed E-state index contributed by atoms with van der Waals surface area (Å²) in [6, 6.07) is 8.36. The van der Waals surface area contributed by atoms with Gasteiger partial charge in [0.25, 0.3) is 0 Å². The van der Waals surface area contributed by atoms with Gasteiger partial charge in [0.1, 0.15) is 4.38 Å². The number of nitrogens with zero attached hydrogens (tertiary/aromatic N) is 2. The molecule has 1 aromatic rings. The second-order valence-corrected chi connectivity index (χ2v) is 8.29. The van der Waals surface area contributed by atoms with Crippen LogP contribution in [0.1, 0.15) is 19.4 Å². The van der Waals surface area contributed by atoms with E-state index in [2.05, 4.69) is 41.9 Å². The van der Waals surface area contributed by atoms with Crippen molar-refractivity contribution in [1.82, 2.24) is 0 Å². The normalized spacial score (nSPS) is 20.2. The molecular formula is C17H21ClN2OS2. The Kier molecular flexibility index (Phi) is 5.87. The lowest BCUT2D eigenvalue weighted by atomic mass is 9.83. The van der Waals surface area contributed by atoms with Gasteiger partial charge in [-0.3, -0.25) is 9.79 Å². The fourth-order valence-corrected chi connectivity index (χ4v) is 4.82. The highest BCUT2D eigenvalue weighted by molar-refractivity contribution is 8.39. The Morgan fingerprint density at radius 3 is 2.83 bits per heavy atom. The number of para-hydroxylation sites is 1. The van der Waals surface area contributed by atoms with Crippen LogP contribution in [0.25, 0.3) is 0 Å². The molecule has 1 aromatic carbocycles. The molecule has 0 unspecified atom stereocenters. The van der Waals surface area contributed by atoms with E-state index in [1.165, 1.54) is 11.3 Å². The average Bonchev–Trinajstić information content (AvgIpc) is 3.08. The zero-order chi connectivity index (χ0) is 15.7. The summed E-state index contributed by atoms with van der Waals surface area (Å²) in [5.41, 5.74) is 3.40. The van der Waals surface area contributed by atoms with E-state index in [9.17, 15) is 4.79 Å². The Bertz CT molecular complexity index is 670. The molecule has 0 N–H and O–H groups in total. The summed E-state index contributed by atoms with van der Waals surface area (Å²) in [6.07, 6.45) is 1.81. The molecular weight excluding hydrogens is 348 g/mol. The van der Waals surface area contributed by atoms with Crippen molar-refractivity contribution < 1.29 is 4.79 Å². The van der Waals surface area contributed by atoms with Gasteiger partial charge in [-0.25, -0.2) is 0 Å². The van der Waals surface area contributed by atoms with Gasteiger partial charge in [0.05, 0.1) is 12.3 Å². The SMILES string of the molecule is CN1/C(=C\C(=O)CSC2=NCCS2)C(C)(C)c2ccccc21.Cl. The third-order valence-electron chi connectivity index (χ3n) is 4.13. The number of anilines is 1. The first-order chi connectivity index (χ1) is 10.5. The van der Waals surface area contributed by atoms with Crippen molar-refractivity contribution in [3.63, 3.8) is 0 Å². The van der Waals surface area contributed by atoms with Crippen LogP contribution in [0.3, 0.4) is 0 Å². The van der Waals surface area contributed by atoms with Crippen molar-refractivity contribution in [2.75, 3.05) is 30.0 Å². The molecule has 3 nitrogen and oxygen atoms in total. The maximum atomic E-state index is 12.4. The highest BCUT2D eigenvalue weighted by Gasteiger charge is 2.38. The molecule has 2 aliphatic heterocycles. The van der Waals surface area contributed by atoms with Crippen LogP contribution >= 0.6 is 35.9 Å². The molecule has 2 heterocycles. The largest absolute Gasteiger partial charge is 0.347 e. The number of aliphatic imine (C=N–C) groups is 1.